The number of carbonyl (C=O) groups is 2. The number of rotatable bonds is 2. The lowest BCUT2D eigenvalue weighted by Crippen LogP contribution is -2.39. The van der Waals surface area contributed by atoms with E-state index in [1.54, 1.807) is 17.9 Å². The Morgan fingerprint density at radius 1 is 1.32 bits per heavy atom. The zero-order chi connectivity index (χ0) is 15.5. The highest BCUT2D eigenvalue weighted by Crippen LogP contribution is 2.31. The number of carbonyl (C=O) groups excluding carboxylic acids is 2. The SMILES string of the molecule is Cc1cc(NC(=O)C(=O)N2CCC[C@H]2c2ccccc2)no1. The van der Waals surface area contributed by atoms with Crippen LogP contribution in [0.3, 0.4) is 0 Å². The van der Waals surface area contributed by atoms with Gasteiger partial charge < -0.3 is 9.42 Å². The van der Waals surface area contributed by atoms with Crippen LogP contribution in [0.1, 0.15) is 30.2 Å². The predicted molar refractivity (Wildman–Crippen MR) is 80.0 cm³/mol. The molecule has 1 atom stereocenters. The van der Waals surface area contributed by atoms with Crippen molar-refractivity contribution in [2.45, 2.75) is 25.8 Å². The van der Waals surface area contributed by atoms with E-state index in [1.807, 2.05) is 30.3 Å². The van der Waals surface area contributed by atoms with Crippen LogP contribution in [0.15, 0.2) is 40.9 Å². The lowest BCUT2D eigenvalue weighted by Gasteiger charge is -2.24. The smallest absolute Gasteiger partial charge is 0.315 e. The van der Waals surface area contributed by atoms with Crippen molar-refractivity contribution in [1.29, 1.82) is 0 Å². The second kappa shape index (κ2) is 6.01. The molecule has 0 unspecified atom stereocenters. The Hall–Kier alpha value is -2.63. The van der Waals surface area contributed by atoms with Gasteiger partial charge in [-0.2, -0.15) is 0 Å². The van der Waals surface area contributed by atoms with Gasteiger partial charge in [-0.25, -0.2) is 0 Å². The van der Waals surface area contributed by atoms with Gasteiger partial charge in [0.2, 0.25) is 0 Å². The minimum atomic E-state index is -0.684. The van der Waals surface area contributed by atoms with Crippen molar-refractivity contribution >= 4 is 17.6 Å². The zero-order valence-corrected chi connectivity index (χ0v) is 12.3. The number of hydrogen-bond donors (Lipinski definition) is 1. The summed E-state index contributed by atoms with van der Waals surface area (Å²) in [7, 11) is 0. The third kappa shape index (κ3) is 2.86. The largest absolute Gasteiger partial charge is 0.360 e. The van der Waals surface area contributed by atoms with E-state index in [1.165, 1.54) is 0 Å². The molecule has 1 aliphatic rings. The van der Waals surface area contributed by atoms with Gasteiger partial charge in [-0.1, -0.05) is 35.5 Å². The molecule has 0 spiro atoms. The molecule has 1 fully saturated rings. The predicted octanol–water partition coefficient (Wildman–Crippen LogP) is 2.29. The zero-order valence-electron chi connectivity index (χ0n) is 12.3. The molecule has 1 aromatic heterocycles. The van der Waals surface area contributed by atoms with Gasteiger partial charge in [0.25, 0.3) is 0 Å². The van der Waals surface area contributed by atoms with Gasteiger partial charge in [0.15, 0.2) is 5.82 Å². The number of nitrogens with zero attached hydrogens (tertiary/aromatic N) is 2. The first-order valence-electron chi connectivity index (χ1n) is 7.25. The van der Waals surface area contributed by atoms with Crippen LogP contribution in [-0.4, -0.2) is 28.4 Å². The minimum Gasteiger partial charge on any atom is -0.360 e. The van der Waals surface area contributed by atoms with E-state index in [-0.39, 0.29) is 11.9 Å². The number of amides is 2. The Morgan fingerprint density at radius 3 is 2.77 bits per heavy atom. The number of aromatic nitrogens is 1. The summed E-state index contributed by atoms with van der Waals surface area (Å²) in [4.78, 5) is 26.1. The number of nitrogens with one attached hydrogen (secondary N) is 1. The van der Waals surface area contributed by atoms with Gasteiger partial charge in [0, 0.05) is 12.6 Å². The maximum Gasteiger partial charge on any atom is 0.315 e. The summed E-state index contributed by atoms with van der Waals surface area (Å²) in [6.07, 6.45) is 1.76. The average Bonchev–Trinajstić information content (AvgIpc) is 3.16. The number of likely N-dealkylation sites (tertiary alicyclic amines) is 1. The molecule has 2 amide bonds. The quantitative estimate of drug-likeness (QED) is 0.863. The summed E-state index contributed by atoms with van der Waals surface area (Å²) in [5.41, 5.74) is 1.05. The molecular formula is C16H17N3O3. The molecule has 6 heteroatoms. The molecular weight excluding hydrogens is 282 g/mol. The number of aryl methyl sites for hydroxylation is 1. The number of anilines is 1. The molecule has 2 aromatic rings. The summed E-state index contributed by atoms with van der Waals surface area (Å²) >= 11 is 0. The molecule has 1 aromatic carbocycles. The lowest BCUT2D eigenvalue weighted by molar-refractivity contribution is -0.143. The van der Waals surface area contributed by atoms with E-state index < -0.39 is 11.8 Å². The van der Waals surface area contributed by atoms with Gasteiger partial charge in [0.1, 0.15) is 5.76 Å². The first-order valence-corrected chi connectivity index (χ1v) is 7.25. The summed E-state index contributed by atoms with van der Waals surface area (Å²) in [5, 5.41) is 6.14. The standard InChI is InChI=1S/C16H17N3O3/c1-11-10-14(18-22-11)17-15(20)16(21)19-9-5-8-13(19)12-6-3-2-4-7-12/h2-4,6-7,10,13H,5,8-9H2,1H3,(H,17,18,20)/t13-/m0/s1. The lowest BCUT2D eigenvalue weighted by atomic mass is 10.0. The average molecular weight is 299 g/mol. The molecule has 1 aliphatic heterocycles. The van der Waals surface area contributed by atoms with Crippen molar-refractivity contribution in [1.82, 2.24) is 10.1 Å². The highest BCUT2D eigenvalue weighted by atomic mass is 16.5. The highest BCUT2D eigenvalue weighted by Gasteiger charge is 2.33. The fourth-order valence-corrected chi connectivity index (χ4v) is 2.76. The maximum absolute atomic E-state index is 12.4. The van der Waals surface area contributed by atoms with E-state index in [4.69, 9.17) is 4.52 Å². The Balaban J connectivity index is 1.72. The Morgan fingerprint density at radius 2 is 2.09 bits per heavy atom. The van der Waals surface area contributed by atoms with Crippen molar-refractivity contribution in [3.8, 4) is 0 Å². The summed E-state index contributed by atoms with van der Waals surface area (Å²) in [6.45, 7) is 2.31. The summed E-state index contributed by atoms with van der Waals surface area (Å²) in [5.74, 6) is -0.388. The fourth-order valence-electron chi connectivity index (χ4n) is 2.76. The van der Waals surface area contributed by atoms with Gasteiger partial charge in [0.05, 0.1) is 6.04 Å². The van der Waals surface area contributed by atoms with E-state index in [2.05, 4.69) is 10.5 Å². The first-order chi connectivity index (χ1) is 10.6. The number of benzene rings is 1. The molecule has 1 N–H and O–H groups in total. The van der Waals surface area contributed by atoms with Crippen LogP contribution in [0.5, 0.6) is 0 Å². The van der Waals surface area contributed by atoms with Crippen LogP contribution in [-0.2, 0) is 9.59 Å². The molecule has 2 heterocycles. The molecule has 0 bridgehead atoms. The Bertz CT molecular complexity index is 681. The van der Waals surface area contributed by atoms with Crippen molar-refractivity contribution in [2.75, 3.05) is 11.9 Å². The molecule has 3 rings (SSSR count). The topological polar surface area (TPSA) is 75.4 Å². The molecule has 0 saturated carbocycles. The van der Waals surface area contributed by atoms with Crippen LogP contribution in [0.25, 0.3) is 0 Å². The normalized spacial score (nSPS) is 17.5. The molecule has 22 heavy (non-hydrogen) atoms. The van der Waals surface area contributed by atoms with Crippen LogP contribution in [0.2, 0.25) is 0 Å². The van der Waals surface area contributed by atoms with Crippen molar-refractivity contribution in [3.05, 3.63) is 47.7 Å². The van der Waals surface area contributed by atoms with Gasteiger partial charge >= 0.3 is 11.8 Å². The van der Waals surface area contributed by atoms with Crippen molar-refractivity contribution in [3.63, 3.8) is 0 Å². The van der Waals surface area contributed by atoms with E-state index in [0.717, 1.165) is 18.4 Å². The first kappa shape index (κ1) is 14.3. The van der Waals surface area contributed by atoms with E-state index in [9.17, 15) is 9.59 Å². The van der Waals surface area contributed by atoms with Crippen molar-refractivity contribution in [2.24, 2.45) is 0 Å². The molecule has 1 saturated heterocycles. The van der Waals surface area contributed by atoms with E-state index in [0.29, 0.717) is 12.3 Å². The second-order valence-electron chi connectivity index (χ2n) is 5.34. The third-order valence-corrected chi connectivity index (χ3v) is 3.76. The molecule has 6 nitrogen and oxygen atoms in total. The molecule has 0 radical (unpaired) electrons. The van der Waals surface area contributed by atoms with Gasteiger partial charge in [-0.15, -0.1) is 0 Å². The van der Waals surface area contributed by atoms with Crippen LogP contribution < -0.4 is 5.32 Å². The monoisotopic (exact) mass is 299 g/mol. The minimum absolute atomic E-state index is 0.0431. The third-order valence-electron chi connectivity index (χ3n) is 3.76. The molecule has 0 aliphatic carbocycles. The van der Waals surface area contributed by atoms with Crippen LogP contribution >= 0.6 is 0 Å². The van der Waals surface area contributed by atoms with Gasteiger partial charge in [-0.05, 0) is 25.3 Å². The Kier molecular flexibility index (Phi) is 3.91. The van der Waals surface area contributed by atoms with Crippen molar-refractivity contribution < 1.29 is 14.1 Å². The second-order valence-corrected chi connectivity index (χ2v) is 5.34. The summed E-state index contributed by atoms with van der Waals surface area (Å²) < 4.78 is 4.87. The Labute approximate surface area is 128 Å². The highest BCUT2D eigenvalue weighted by molar-refractivity contribution is 6.39. The number of hydrogen-bond acceptors (Lipinski definition) is 4. The van der Waals surface area contributed by atoms with E-state index >= 15 is 0 Å². The summed E-state index contributed by atoms with van der Waals surface area (Å²) in [6, 6.07) is 11.3. The van der Waals surface area contributed by atoms with Crippen LogP contribution in [0.4, 0.5) is 5.82 Å². The van der Waals surface area contributed by atoms with Gasteiger partial charge in [-0.3, -0.25) is 14.9 Å². The fraction of sp³-hybridized carbons (Fsp3) is 0.312. The van der Waals surface area contributed by atoms with Crippen LogP contribution in [0, 0.1) is 6.92 Å². The maximum atomic E-state index is 12.4. The molecule has 114 valence electrons.